The Morgan fingerprint density at radius 2 is 1.82 bits per heavy atom. The molecule has 3 N–H and O–H groups in total. The molecule has 116 valence electrons. The Hall–Kier alpha value is -2.82. The van der Waals surface area contributed by atoms with Gasteiger partial charge in [0.25, 0.3) is 0 Å². The van der Waals surface area contributed by atoms with Crippen molar-refractivity contribution in [1.29, 1.82) is 0 Å². The lowest BCUT2D eigenvalue weighted by Crippen LogP contribution is -2.24. The van der Waals surface area contributed by atoms with Gasteiger partial charge in [0, 0.05) is 18.3 Å². The highest BCUT2D eigenvalue weighted by atomic mass is 16.2. The monoisotopic (exact) mass is 298 g/mol. The maximum absolute atomic E-state index is 11.2. The van der Waals surface area contributed by atoms with Crippen LogP contribution in [0.5, 0.6) is 0 Å². The average molecular weight is 298 g/mol. The number of rotatable bonds is 4. The zero-order valence-electron chi connectivity index (χ0n) is 13.2. The fourth-order valence-electron chi connectivity index (χ4n) is 1.75. The van der Waals surface area contributed by atoms with Crippen LogP contribution in [-0.2, 0) is 0 Å². The van der Waals surface area contributed by atoms with Crippen molar-refractivity contribution in [3.8, 4) is 11.4 Å². The highest BCUT2D eigenvalue weighted by Gasteiger charge is 2.07. The molecule has 2 rings (SSSR count). The summed E-state index contributed by atoms with van der Waals surface area (Å²) in [5.41, 5.74) is 3.24. The zero-order chi connectivity index (χ0) is 16.5. The first-order valence-electron chi connectivity index (χ1n) is 7.12. The van der Waals surface area contributed by atoms with Crippen molar-refractivity contribution in [3.63, 3.8) is 0 Å². The number of hydrogen-bond donors (Lipinski definition) is 3. The molecule has 0 unspecified atom stereocenters. The molecule has 0 aliphatic carbocycles. The van der Waals surface area contributed by atoms with Crippen LogP contribution in [0.15, 0.2) is 37.4 Å². The van der Waals surface area contributed by atoms with Crippen molar-refractivity contribution in [3.05, 3.63) is 48.8 Å². The lowest BCUT2D eigenvalue weighted by molar-refractivity contribution is 0.254. The molecule has 1 aromatic carbocycles. The van der Waals surface area contributed by atoms with Crippen LogP contribution in [0.1, 0.15) is 25.2 Å². The first-order valence-corrected chi connectivity index (χ1v) is 7.12. The molecule has 2 amide bonds. The summed E-state index contributed by atoms with van der Waals surface area (Å²) in [7, 11) is 1.57. The van der Waals surface area contributed by atoms with E-state index in [0.29, 0.717) is 5.69 Å². The van der Waals surface area contributed by atoms with Gasteiger partial charge in [-0.2, -0.15) is 0 Å². The molecule has 0 aliphatic heterocycles. The summed E-state index contributed by atoms with van der Waals surface area (Å²) in [6.45, 7) is 11.4. The van der Waals surface area contributed by atoms with Crippen LogP contribution >= 0.6 is 0 Å². The molecule has 0 bridgehead atoms. The van der Waals surface area contributed by atoms with Crippen molar-refractivity contribution >= 4 is 23.9 Å². The van der Waals surface area contributed by atoms with Gasteiger partial charge < -0.3 is 15.6 Å². The van der Waals surface area contributed by atoms with E-state index in [4.69, 9.17) is 0 Å². The number of benzene rings is 1. The predicted octanol–water partition coefficient (Wildman–Crippen LogP) is 4.14. The summed E-state index contributed by atoms with van der Waals surface area (Å²) in [5.74, 6) is 0.737. The molecular weight excluding hydrogens is 276 g/mol. The van der Waals surface area contributed by atoms with E-state index in [-0.39, 0.29) is 6.03 Å². The molecule has 22 heavy (non-hydrogen) atoms. The molecule has 0 atom stereocenters. The molecule has 5 heteroatoms. The van der Waals surface area contributed by atoms with E-state index in [1.807, 2.05) is 38.1 Å². The van der Waals surface area contributed by atoms with Gasteiger partial charge in [-0.3, -0.25) is 0 Å². The van der Waals surface area contributed by atoms with Gasteiger partial charge in [-0.1, -0.05) is 27.0 Å². The molecule has 5 nitrogen and oxygen atoms in total. The second-order valence-corrected chi connectivity index (χ2v) is 4.07. The van der Waals surface area contributed by atoms with Crippen LogP contribution in [0, 0.1) is 0 Å². The number of hydrogen-bond acceptors (Lipinski definition) is 2. The summed E-state index contributed by atoms with van der Waals surface area (Å²) in [6.07, 6.45) is 3.38. The van der Waals surface area contributed by atoms with Gasteiger partial charge in [-0.25, -0.2) is 9.78 Å². The molecule has 0 spiro atoms. The molecule has 0 aliphatic rings. The Labute approximate surface area is 131 Å². The fraction of sp³-hybridized carbons (Fsp3) is 0.176. The topological polar surface area (TPSA) is 69.8 Å². The number of nitrogens with zero attached hydrogens (tertiary/aromatic N) is 1. The van der Waals surface area contributed by atoms with Crippen molar-refractivity contribution in [2.24, 2.45) is 0 Å². The second-order valence-electron chi connectivity index (χ2n) is 4.07. The van der Waals surface area contributed by atoms with E-state index >= 15 is 0 Å². The molecule has 0 radical (unpaired) electrons. The van der Waals surface area contributed by atoms with Gasteiger partial charge in [0.2, 0.25) is 0 Å². The highest BCUT2D eigenvalue weighted by molar-refractivity contribution is 5.89. The minimum Gasteiger partial charge on any atom is -0.341 e. The molecule has 1 heterocycles. The fourth-order valence-corrected chi connectivity index (χ4v) is 1.75. The van der Waals surface area contributed by atoms with Crippen LogP contribution in [0.3, 0.4) is 0 Å². The first kappa shape index (κ1) is 17.2. The Bertz CT molecular complexity index is 616. The van der Waals surface area contributed by atoms with Crippen LogP contribution in [-0.4, -0.2) is 23.0 Å². The summed E-state index contributed by atoms with van der Waals surface area (Å²) in [4.78, 5) is 18.8. The van der Waals surface area contributed by atoms with Crippen molar-refractivity contribution in [1.82, 2.24) is 15.3 Å². The Kier molecular flexibility index (Phi) is 6.63. The van der Waals surface area contributed by atoms with Crippen molar-refractivity contribution < 1.29 is 4.79 Å². The quantitative estimate of drug-likeness (QED) is 0.794. The Morgan fingerprint density at radius 3 is 2.27 bits per heavy atom. The van der Waals surface area contributed by atoms with Crippen LogP contribution in [0.4, 0.5) is 10.5 Å². The van der Waals surface area contributed by atoms with Crippen molar-refractivity contribution in [2.75, 3.05) is 12.4 Å². The summed E-state index contributed by atoms with van der Waals surface area (Å²) >= 11 is 0. The van der Waals surface area contributed by atoms with E-state index < -0.39 is 0 Å². The molecule has 0 saturated carbocycles. The number of amides is 2. The zero-order valence-corrected chi connectivity index (χ0v) is 13.2. The number of urea groups is 1. The third kappa shape index (κ3) is 4.09. The number of anilines is 1. The molecule has 1 aromatic heterocycles. The van der Waals surface area contributed by atoms with Gasteiger partial charge in [-0.05, 0) is 36.4 Å². The first-order chi connectivity index (χ1) is 10.7. The highest BCUT2D eigenvalue weighted by Crippen LogP contribution is 2.21. The SMILES string of the molecule is C=Cc1nc(-c2ccc(NC(=O)NC)cc2)[nH]c1C=C.CC. The standard InChI is InChI=1S/C15H16N4O.C2H6/c1-4-12-13(5-2)19-14(18-12)10-6-8-11(9-7-10)17-15(20)16-3;1-2/h4-9H,1-2H2,3H3,(H,18,19)(H2,16,17,20);1-2H3. The van der Waals surface area contributed by atoms with Crippen LogP contribution in [0.25, 0.3) is 23.5 Å². The normalized spacial score (nSPS) is 9.23. The van der Waals surface area contributed by atoms with Crippen molar-refractivity contribution in [2.45, 2.75) is 13.8 Å². The molecule has 0 saturated heterocycles. The minimum absolute atomic E-state index is 0.251. The summed E-state index contributed by atoms with van der Waals surface area (Å²) in [6, 6.07) is 7.13. The third-order valence-electron chi connectivity index (χ3n) is 2.80. The van der Waals surface area contributed by atoms with E-state index in [1.54, 1.807) is 19.2 Å². The van der Waals surface area contributed by atoms with Gasteiger partial charge in [0.15, 0.2) is 0 Å². The van der Waals surface area contributed by atoms with Crippen LogP contribution < -0.4 is 10.6 Å². The number of imidazole rings is 1. The number of aromatic amines is 1. The van der Waals surface area contributed by atoms with Gasteiger partial charge in [-0.15, -0.1) is 0 Å². The smallest absolute Gasteiger partial charge is 0.318 e. The second kappa shape index (κ2) is 8.46. The number of H-pyrrole nitrogens is 1. The number of aromatic nitrogens is 2. The number of carbonyl (C=O) groups excluding carboxylic acids is 1. The largest absolute Gasteiger partial charge is 0.341 e. The van der Waals surface area contributed by atoms with E-state index in [0.717, 1.165) is 22.8 Å². The Morgan fingerprint density at radius 1 is 1.18 bits per heavy atom. The lowest BCUT2D eigenvalue weighted by atomic mass is 10.2. The van der Waals surface area contributed by atoms with Gasteiger partial charge >= 0.3 is 6.03 Å². The van der Waals surface area contributed by atoms with E-state index in [2.05, 4.69) is 33.8 Å². The maximum atomic E-state index is 11.2. The average Bonchev–Trinajstić information content (AvgIpc) is 3.00. The maximum Gasteiger partial charge on any atom is 0.318 e. The molecule has 0 fully saturated rings. The molecule has 2 aromatic rings. The summed E-state index contributed by atoms with van der Waals surface area (Å²) < 4.78 is 0. The van der Waals surface area contributed by atoms with E-state index in [1.165, 1.54) is 0 Å². The summed E-state index contributed by atoms with van der Waals surface area (Å²) in [5, 5.41) is 5.19. The minimum atomic E-state index is -0.251. The number of nitrogens with one attached hydrogen (secondary N) is 3. The third-order valence-corrected chi connectivity index (χ3v) is 2.80. The number of carbonyl (C=O) groups is 1. The Balaban J connectivity index is 0.00000116. The van der Waals surface area contributed by atoms with E-state index in [9.17, 15) is 4.79 Å². The predicted molar refractivity (Wildman–Crippen MR) is 93.6 cm³/mol. The lowest BCUT2D eigenvalue weighted by Gasteiger charge is -2.04. The van der Waals surface area contributed by atoms with Gasteiger partial charge in [0.05, 0.1) is 11.4 Å². The van der Waals surface area contributed by atoms with Crippen LogP contribution in [0.2, 0.25) is 0 Å². The van der Waals surface area contributed by atoms with Gasteiger partial charge in [0.1, 0.15) is 5.82 Å². The molecular formula is C17H22N4O.